The number of carbonyl (C=O) groups excluding carboxylic acids is 1. The van der Waals surface area contributed by atoms with Crippen molar-refractivity contribution in [1.82, 2.24) is 10.2 Å². The van der Waals surface area contributed by atoms with Gasteiger partial charge >= 0.3 is 0 Å². The van der Waals surface area contributed by atoms with Crippen LogP contribution in [0.2, 0.25) is 0 Å². The van der Waals surface area contributed by atoms with Crippen molar-refractivity contribution in [2.24, 2.45) is 0 Å². The van der Waals surface area contributed by atoms with Gasteiger partial charge in [-0.05, 0) is 25.0 Å². The van der Waals surface area contributed by atoms with E-state index in [1.807, 2.05) is 0 Å². The molecule has 1 aromatic heterocycles. The molecule has 0 fully saturated rings. The van der Waals surface area contributed by atoms with E-state index in [1.54, 1.807) is 0 Å². The predicted molar refractivity (Wildman–Crippen MR) is 100 cm³/mol. The van der Waals surface area contributed by atoms with E-state index in [0.717, 1.165) is 17.8 Å². The van der Waals surface area contributed by atoms with Crippen molar-refractivity contribution in [3.63, 3.8) is 0 Å². The number of fused-ring (bicyclic) bond motifs is 1. The number of amides is 1. The van der Waals surface area contributed by atoms with Crippen molar-refractivity contribution < 1.29 is 19.2 Å². The van der Waals surface area contributed by atoms with Crippen molar-refractivity contribution in [1.29, 1.82) is 0 Å². The zero-order valence-electron chi connectivity index (χ0n) is 14.8. The van der Waals surface area contributed by atoms with Crippen LogP contribution in [0.4, 0.5) is 10.8 Å². The number of benzene rings is 1. The Balaban J connectivity index is 1.73. The second-order valence-electron chi connectivity index (χ2n) is 5.80. The van der Waals surface area contributed by atoms with Gasteiger partial charge in [-0.2, -0.15) is 0 Å². The average Bonchev–Trinajstić information content (AvgIpc) is 3.29. The molecule has 27 heavy (non-hydrogen) atoms. The highest BCUT2D eigenvalue weighted by molar-refractivity contribution is 7.15. The van der Waals surface area contributed by atoms with Crippen LogP contribution in [0, 0.1) is 10.1 Å². The molecule has 0 aliphatic carbocycles. The normalized spacial score (nSPS) is 12.7. The fourth-order valence-corrected chi connectivity index (χ4v) is 3.65. The molecule has 1 N–H and O–H groups in total. The van der Waals surface area contributed by atoms with Gasteiger partial charge in [-0.3, -0.25) is 20.2 Å². The third kappa shape index (κ3) is 4.22. The lowest BCUT2D eigenvalue weighted by Crippen LogP contribution is -2.07. The summed E-state index contributed by atoms with van der Waals surface area (Å²) in [6.45, 7) is 4.17. The standard InChI is InChI=1S/C17H18N4O5S/c1-3-10(4-2)16-19-20-17(27-16)18-15(22)6-5-11-7-13-14(26-9-25-13)8-12(11)21(23)24/h5-8,10H,3-4,9H2,1-2H3,(H,18,20,22)/b6-5+. The molecule has 2 aromatic rings. The zero-order chi connectivity index (χ0) is 19.4. The molecule has 0 saturated carbocycles. The Kier molecular flexibility index (Phi) is 5.65. The summed E-state index contributed by atoms with van der Waals surface area (Å²) in [6, 6.07) is 2.76. The predicted octanol–water partition coefficient (Wildman–Crippen LogP) is 3.73. The first kappa shape index (κ1) is 18.8. The molecule has 10 heteroatoms. The van der Waals surface area contributed by atoms with Crippen LogP contribution in [0.15, 0.2) is 18.2 Å². The van der Waals surface area contributed by atoms with Crippen LogP contribution in [0.5, 0.6) is 11.5 Å². The number of carbonyl (C=O) groups is 1. The van der Waals surface area contributed by atoms with Gasteiger partial charge in [0.1, 0.15) is 5.01 Å². The lowest BCUT2D eigenvalue weighted by molar-refractivity contribution is -0.385. The van der Waals surface area contributed by atoms with Crippen LogP contribution >= 0.6 is 11.3 Å². The van der Waals surface area contributed by atoms with Crippen LogP contribution in [-0.4, -0.2) is 27.8 Å². The summed E-state index contributed by atoms with van der Waals surface area (Å²) in [5, 5.41) is 23.2. The summed E-state index contributed by atoms with van der Waals surface area (Å²) < 4.78 is 10.4. The summed E-state index contributed by atoms with van der Waals surface area (Å²) in [5.41, 5.74) is 0.0737. The number of nitro benzene ring substituents is 1. The number of nitro groups is 1. The van der Waals surface area contributed by atoms with E-state index in [-0.39, 0.29) is 18.0 Å². The molecule has 0 bridgehead atoms. The van der Waals surface area contributed by atoms with Gasteiger partial charge in [0.15, 0.2) is 11.5 Å². The first-order valence-electron chi connectivity index (χ1n) is 8.42. The Morgan fingerprint density at radius 1 is 1.33 bits per heavy atom. The van der Waals surface area contributed by atoms with Gasteiger partial charge in [-0.15, -0.1) is 10.2 Å². The molecule has 142 valence electrons. The summed E-state index contributed by atoms with van der Waals surface area (Å²) in [5.74, 6) is 0.583. The lowest BCUT2D eigenvalue weighted by atomic mass is 10.1. The summed E-state index contributed by atoms with van der Waals surface area (Å²) in [4.78, 5) is 22.8. The second kappa shape index (κ2) is 8.12. The van der Waals surface area contributed by atoms with Gasteiger partial charge < -0.3 is 9.47 Å². The molecule has 1 aromatic carbocycles. The number of ether oxygens (including phenoxy) is 2. The van der Waals surface area contributed by atoms with E-state index in [0.29, 0.717) is 22.5 Å². The maximum atomic E-state index is 12.1. The number of hydrogen-bond acceptors (Lipinski definition) is 8. The fraction of sp³-hybridized carbons (Fsp3) is 0.353. The summed E-state index contributed by atoms with van der Waals surface area (Å²) in [6.07, 6.45) is 4.47. The molecule has 1 amide bonds. The Bertz CT molecular complexity index is 891. The van der Waals surface area contributed by atoms with Crippen LogP contribution in [0.3, 0.4) is 0 Å². The number of aromatic nitrogens is 2. The molecule has 0 radical (unpaired) electrons. The SMILES string of the molecule is CCC(CC)c1nnc(NC(=O)/C=C/c2cc3c(cc2[N+](=O)[O-])OCO3)s1. The maximum absolute atomic E-state index is 12.1. The van der Waals surface area contributed by atoms with E-state index in [1.165, 1.54) is 35.6 Å². The Morgan fingerprint density at radius 2 is 2.04 bits per heavy atom. The van der Waals surface area contributed by atoms with Crippen molar-refractivity contribution >= 4 is 34.1 Å². The molecular weight excluding hydrogens is 372 g/mol. The fourth-order valence-electron chi connectivity index (χ4n) is 2.64. The highest BCUT2D eigenvalue weighted by Crippen LogP contribution is 2.38. The third-order valence-electron chi connectivity index (χ3n) is 4.14. The van der Waals surface area contributed by atoms with Crippen LogP contribution in [0.25, 0.3) is 6.08 Å². The maximum Gasteiger partial charge on any atom is 0.280 e. The van der Waals surface area contributed by atoms with Crippen LogP contribution in [0.1, 0.15) is 43.2 Å². The molecule has 2 heterocycles. The Morgan fingerprint density at radius 3 is 2.70 bits per heavy atom. The number of anilines is 1. The van der Waals surface area contributed by atoms with Crippen molar-refractivity contribution in [2.45, 2.75) is 32.6 Å². The molecule has 1 aliphatic heterocycles. The summed E-state index contributed by atoms with van der Waals surface area (Å²) >= 11 is 1.33. The molecular formula is C17H18N4O5S. The van der Waals surface area contributed by atoms with Crippen molar-refractivity contribution in [3.05, 3.63) is 38.9 Å². The first-order valence-corrected chi connectivity index (χ1v) is 9.24. The lowest BCUT2D eigenvalue weighted by Gasteiger charge is -2.05. The Hall–Kier alpha value is -3.01. The summed E-state index contributed by atoms with van der Waals surface area (Å²) in [7, 11) is 0. The van der Waals surface area contributed by atoms with Crippen molar-refractivity contribution in [3.8, 4) is 11.5 Å². The van der Waals surface area contributed by atoms with Gasteiger partial charge in [-0.25, -0.2) is 0 Å². The molecule has 0 unspecified atom stereocenters. The van der Waals surface area contributed by atoms with E-state index < -0.39 is 10.8 Å². The van der Waals surface area contributed by atoms with Crippen LogP contribution < -0.4 is 14.8 Å². The number of rotatable bonds is 7. The number of nitrogens with one attached hydrogen (secondary N) is 1. The largest absolute Gasteiger partial charge is 0.454 e. The van der Waals surface area contributed by atoms with Gasteiger partial charge in [0.05, 0.1) is 16.6 Å². The molecule has 9 nitrogen and oxygen atoms in total. The van der Waals surface area contributed by atoms with Gasteiger partial charge in [0.25, 0.3) is 5.69 Å². The number of nitrogens with zero attached hydrogens (tertiary/aromatic N) is 3. The molecule has 1 aliphatic rings. The highest BCUT2D eigenvalue weighted by Gasteiger charge is 2.22. The smallest absolute Gasteiger partial charge is 0.280 e. The zero-order valence-corrected chi connectivity index (χ0v) is 15.6. The average molecular weight is 390 g/mol. The topological polar surface area (TPSA) is 116 Å². The van der Waals surface area contributed by atoms with E-state index in [9.17, 15) is 14.9 Å². The van der Waals surface area contributed by atoms with Crippen molar-refractivity contribution in [2.75, 3.05) is 12.1 Å². The molecule has 3 rings (SSSR count). The quantitative estimate of drug-likeness (QED) is 0.435. The molecule has 0 saturated heterocycles. The molecule has 0 spiro atoms. The second-order valence-corrected chi connectivity index (χ2v) is 6.81. The monoisotopic (exact) mass is 390 g/mol. The van der Waals surface area contributed by atoms with Crippen LogP contribution in [-0.2, 0) is 4.79 Å². The first-order chi connectivity index (χ1) is 13.0. The van der Waals surface area contributed by atoms with Gasteiger partial charge in [-0.1, -0.05) is 25.2 Å². The van der Waals surface area contributed by atoms with Gasteiger partial charge in [0.2, 0.25) is 17.8 Å². The minimum absolute atomic E-state index is 0.00996. The third-order valence-corrected chi connectivity index (χ3v) is 5.14. The van der Waals surface area contributed by atoms with E-state index in [2.05, 4.69) is 29.4 Å². The highest BCUT2D eigenvalue weighted by atomic mass is 32.1. The minimum atomic E-state index is -0.536. The molecule has 0 atom stereocenters. The van der Waals surface area contributed by atoms with Gasteiger partial charge in [0, 0.05) is 12.0 Å². The Labute approximate surface area is 159 Å². The van der Waals surface area contributed by atoms with E-state index in [4.69, 9.17) is 9.47 Å². The number of hydrogen-bond donors (Lipinski definition) is 1. The van der Waals surface area contributed by atoms with E-state index >= 15 is 0 Å². The minimum Gasteiger partial charge on any atom is -0.454 e.